The topological polar surface area (TPSA) is 46.2 Å². The van der Waals surface area contributed by atoms with Gasteiger partial charge in [-0.1, -0.05) is 25.5 Å². The maximum atomic E-state index is 13.6. The number of halogens is 3. The Morgan fingerprint density at radius 3 is 2.69 bits per heavy atom. The lowest BCUT2D eigenvalue weighted by Gasteiger charge is -2.19. The standard InChI is InChI=1S/C11H15BrFNO.ClH/c1-2-4-9(15)11(14)7-5-3-6-8(12)10(7)13;/h3,5-6,9,11,15H,2,4,14H2,1H3;1H/t9-,11+;/m1./s1. The minimum absolute atomic E-state index is 0. The van der Waals surface area contributed by atoms with Gasteiger partial charge in [-0.25, -0.2) is 4.39 Å². The van der Waals surface area contributed by atoms with Gasteiger partial charge in [0.05, 0.1) is 16.6 Å². The van der Waals surface area contributed by atoms with Crippen LogP contribution in [0.1, 0.15) is 31.4 Å². The van der Waals surface area contributed by atoms with Crippen LogP contribution in [0.2, 0.25) is 0 Å². The summed E-state index contributed by atoms with van der Waals surface area (Å²) in [4.78, 5) is 0. The Bertz CT molecular complexity index is 338. The number of hydrogen-bond donors (Lipinski definition) is 2. The Morgan fingerprint density at radius 2 is 2.12 bits per heavy atom. The van der Waals surface area contributed by atoms with E-state index in [1.807, 2.05) is 6.92 Å². The van der Waals surface area contributed by atoms with Gasteiger partial charge in [0.1, 0.15) is 5.82 Å². The normalized spacial score (nSPS) is 14.1. The lowest BCUT2D eigenvalue weighted by atomic mass is 9.99. The van der Waals surface area contributed by atoms with E-state index in [0.29, 0.717) is 16.5 Å². The van der Waals surface area contributed by atoms with E-state index in [0.717, 1.165) is 6.42 Å². The highest BCUT2D eigenvalue weighted by Crippen LogP contribution is 2.25. The van der Waals surface area contributed by atoms with Crippen molar-refractivity contribution in [3.05, 3.63) is 34.1 Å². The second-order valence-electron chi connectivity index (χ2n) is 3.52. The summed E-state index contributed by atoms with van der Waals surface area (Å²) < 4.78 is 14.0. The first-order valence-electron chi connectivity index (χ1n) is 4.95. The van der Waals surface area contributed by atoms with E-state index in [-0.39, 0.29) is 18.2 Å². The number of benzene rings is 1. The molecule has 92 valence electrons. The average Bonchev–Trinajstić information content (AvgIpc) is 2.21. The smallest absolute Gasteiger partial charge is 0.142 e. The maximum absolute atomic E-state index is 13.6. The summed E-state index contributed by atoms with van der Waals surface area (Å²) in [6.07, 6.45) is 0.705. The zero-order chi connectivity index (χ0) is 11.4. The molecule has 0 heterocycles. The number of hydrogen-bond acceptors (Lipinski definition) is 2. The third kappa shape index (κ3) is 3.70. The number of aliphatic hydroxyl groups is 1. The molecule has 0 saturated heterocycles. The summed E-state index contributed by atoms with van der Waals surface area (Å²) in [5.41, 5.74) is 6.14. The van der Waals surface area contributed by atoms with E-state index in [1.165, 1.54) is 0 Å². The Kier molecular flexibility index (Phi) is 7.15. The van der Waals surface area contributed by atoms with Crippen LogP contribution in [0.25, 0.3) is 0 Å². The van der Waals surface area contributed by atoms with E-state index in [4.69, 9.17) is 5.73 Å². The number of aliphatic hydroxyl groups excluding tert-OH is 1. The molecule has 0 fully saturated rings. The Labute approximate surface area is 110 Å². The fourth-order valence-corrected chi connectivity index (χ4v) is 1.84. The largest absolute Gasteiger partial charge is 0.391 e. The first kappa shape index (κ1) is 15.8. The molecular weight excluding hydrogens is 296 g/mol. The molecule has 1 aromatic carbocycles. The molecule has 2 nitrogen and oxygen atoms in total. The highest BCUT2D eigenvalue weighted by molar-refractivity contribution is 9.10. The predicted octanol–water partition coefficient (Wildman–Crippen LogP) is 3.17. The molecule has 0 aliphatic heterocycles. The van der Waals surface area contributed by atoms with Crippen molar-refractivity contribution >= 4 is 28.3 Å². The monoisotopic (exact) mass is 311 g/mol. The molecule has 16 heavy (non-hydrogen) atoms. The zero-order valence-electron chi connectivity index (χ0n) is 8.99. The van der Waals surface area contributed by atoms with E-state index >= 15 is 0 Å². The van der Waals surface area contributed by atoms with Gasteiger partial charge in [0.2, 0.25) is 0 Å². The second kappa shape index (κ2) is 7.22. The molecule has 0 saturated carbocycles. The second-order valence-corrected chi connectivity index (χ2v) is 4.38. The first-order chi connectivity index (χ1) is 7.07. The minimum atomic E-state index is -0.696. The van der Waals surface area contributed by atoms with Crippen molar-refractivity contribution in [2.24, 2.45) is 5.73 Å². The van der Waals surface area contributed by atoms with E-state index in [2.05, 4.69) is 15.9 Å². The van der Waals surface area contributed by atoms with Gasteiger partial charge in [0.25, 0.3) is 0 Å². The van der Waals surface area contributed by atoms with Gasteiger partial charge in [-0.15, -0.1) is 12.4 Å². The van der Waals surface area contributed by atoms with Crippen molar-refractivity contribution in [2.45, 2.75) is 31.9 Å². The van der Waals surface area contributed by atoms with Crippen molar-refractivity contribution in [3.63, 3.8) is 0 Å². The van der Waals surface area contributed by atoms with Crippen LogP contribution in [0, 0.1) is 5.82 Å². The SMILES string of the molecule is CCC[C@@H](O)[C@@H](N)c1cccc(Br)c1F.Cl. The van der Waals surface area contributed by atoms with Crippen LogP contribution in [-0.2, 0) is 0 Å². The van der Waals surface area contributed by atoms with Crippen molar-refractivity contribution < 1.29 is 9.50 Å². The lowest BCUT2D eigenvalue weighted by Crippen LogP contribution is -2.26. The average molecular weight is 313 g/mol. The molecule has 0 spiro atoms. The fourth-order valence-electron chi connectivity index (χ4n) is 1.46. The lowest BCUT2D eigenvalue weighted by molar-refractivity contribution is 0.133. The van der Waals surface area contributed by atoms with Crippen molar-refractivity contribution in [1.29, 1.82) is 0 Å². The van der Waals surface area contributed by atoms with Crippen LogP contribution in [0.5, 0.6) is 0 Å². The molecule has 2 atom stereocenters. The molecule has 0 aliphatic carbocycles. The summed E-state index contributed by atoms with van der Waals surface area (Å²) in [5.74, 6) is -0.389. The molecule has 0 aromatic heterocycles. The molecule has 1 rings (SSSR count). The minimum Gasteiger partial charge on any atom is -0.391 e. The van der Waals surface area contributed by atoms with Gasteiger partial charge in [0.15, 0.2) is 0 Å². The quantitative estimate of drug-likeness (QED) is 0.897. The van der Waals surface area contributed by atoms with E-state index < -0.39 is 12.1 Å². The molecule has 0 radical (unpaired) electrons. The van der Waals surface area contributed by atoms with Gasteiger partial charge in [0, 0.05) is 5.56 Å². The Morgan fingerprint density at radius 1 is 1.50 bits per heavy atom. The molecule has 0 unspecified atom stereocenters. The van der Waals surface area contributed by atoms with Gasteiger partial charge < -0.3 is 10.8 Å². The highest BCUT2D eigenvalue weighted by atomic mass is 79.9. The Balaban J connectivity index is 0.00000225. The van der Waals surface area contributed by atoms with Crippen LogP contribution >= 0.6 is 28.3 Å². The highest BCUT2D eigenvalue weighted by Gasteiger charge is 2.20. The van der Waals surface area contributed by atoms with Crippen LogP contribution in [-0.4, -0.2) is 11.2 Å². The molecular formula is C11H16BrClFNO. The van der Waals surface area contributed by atoms with Crippen LogP contribution in [0.3, 0.4) is 0 Å². The number of nitrogens with two attached hydrogens (primary N) is 1. The Hall–Kier alpha value is -0.160. The summed E-state index contributed by atoms with van der Waals surface area (Å²) in [6, 6.07) is 4.25. The summed E-state index contributed by atoms with van der Waals surface area (Å²) in [6.45, 7) is 1.95. The molecule has 0 amide bonds. The molecule has 0 aliphatic rings. The summed E-state index contributed by atoms with van der Waals surface area (Å²) in [5, 5.41) is 9.68. The first-order valence-corrected chi connectivity index (χ1v) is 5.74. The third-order valence-electron chi connectivity index (χ3n) is 2.34. The molecule has 0 bridgehead atoms. The van der Waals surface area contributed by atoms with Crippen molar-refractivity contribution in [1.82, 2.24) is 0 Å². The van der Waals surface area contributed by atoms with Crippen LogP contribution in [0.15, 0.2) is 22.7 Å². The summed E-state index contributed by atoms with van der Waals surface area (Å²) >= 11 is 3.09. The van der Waals surface area contributed by atoms with Crippen molar-refractivity contribution in [3.8, 4) is 0 Å². The van der Waals surface area contributed by atoms with E-state index in [1.54, 1.807) is 18.2 Å². The fraction of sp³-hybridized carbons (Fsp3) is 0.455. The third-order valence-corrected chi connectivity index (χ3v) is 2.95. The van der Waals surface area contributed by atoms with Crippen LogP contribution in [0.4, 0.5) is 4.39 Å². The zero-order valence-corrected chi connectivity index (χ0v) is 11.4. The van der Waals surface area contributed by atoms with Crippen molar-refractivity contribution in [2.75, 3.05) is 0 Å². The maximum Gasteiger partial charge on any atom is 0.142 e. The van der Waals surface area contributed by atoms with Gasteiger partial charge in [-0.05, 0) is 28.4 Å². The van der Waals surface area contributed by atoms with E-state index in [9.17, 15) is 9.50 Å². The van der Waals surface area contributed by atoms with Gasteiger partial charge in [-0.3, -0.25) is 0 Å². The van der Waals surface area contributed by atoms with Gasteiger partial charge in [-0.2, -0.15) is 0 Å². The van der Waals surface area contributed by atoms with Gasteiger partial charge >= 0.3 is 0 Å². The summed E-state index contributed by atoms with van der Waals surface area (Å²) in [7, 11) is 0. The number of rotatable bonds is 4. The van der Waals surface area contributed by atoms with Crippen LogP contribution < -0.4 is 5.73 Å². The molecule has 1 aromatic rings. The molecule has 3 N–H and O–H groups in total. The predicted molar refractivity (Wildman–Crippen MR) is 69.2 cm³/mol. The molecule has 5 heteroatoms.